The smallest absolute Gasteiger partial charge is 0.130 e. The van der Waals surface area contributed by atoms with Crippen LogP contribution in [0.4, 0.5) is 4.39 Å². The Morgan fingerprint density at radius 1 is 1.47 bits per heavy atom. The zero-order valence-electron chi connectivity index (χ0n) is 10.0. The number of nitrogens with two attached hydrogens (primary N) is 1. The molecule has 0 amide bonds. The molecule has 2 rings (SSSR count). The van der Waals surface area contributed by atoms with Gasteiger partial charge in [0.1, 0.15) is 11.6 Å². The summed E-state index contributed by atoms with van der Waals surface area (Å²) in [5.74, 6) is 0.531. The number of hydrogen-bond acceptors (Lipinski definition) is 2. The summed E-state index contributed by atoms with van der Waals surface area (Å²) < 4.78 is 15.4. The highest BCUT2D eigenvalue weighted by molar-refractivity contribution is 5.29. The Morgan fingerprint density at radius 2 is 2.24 bits per heavy atom. The minimum Gasteiger partial charge on any atom is -0.334 e. The molecule has 3 nitrogen and oxygen atoms in total. The van der Waals surface area contributed by atoms with Crippen LogP contribution in [0, 0.1) is 12.7 Å². The molecule has 2 N–H and O–H groups in total. The van der Waals surface area contributed by atoms with Gasteiger partial charge in [0.25, 0.3) is 0 Å². The molecule has 0 fully saturated rings. The van der Waals surface area contributed by atoms with E-state index in [0.717, 1.165) is 17.9 Å². The fraction of sp³-hybridized carbons (Fsp3) is 0.308. The summed E-state index contributed by atoms with van der Waals surface area (Å²) in [6.45, 7) is 4.56. The number of aromatic nitrogens is 2. The van der Waals surface area contributed by atoms with E-state index in [1.807, 2.05) is 23.8 Å². The molecular formula is C13H16FN3. The maximum atomic E-state index is 13.5. The van der Waals surface area contributed by atoms with Gasteiger partial charge in [0.15, 0.2) is 0 Å². The first kappa shape index (κ1) is 11.8. The lowest BCUT2D eigenvalue weighted by atomic mass is 10.0. The summed E-state index contributed by atoms with van der Waals surface area (Å²) in [5.41, 5.74) is 7.48. The molecule has 17 heavy (non-hydrogen) atoms. The Morgan fingerprint density at radius 3 is 2.88 bits per heavy atom. The molecule has 2 aromatic rings. The van der Waals surface area contributed by atoms with Gasteiger partial charge in [-0.3, -0.25) is 0 Å². The van der Waals surface area contributed by atoms with Crippen molar-refractivity contribution in [1.82, 2.24) is 9.55 Å². The van der Waals surface area contributed by atoms with E-state index in [2.05, 4.69) is 4.98 Å². The van der Waals surface area contributed by atoms with Gasteiger partial charge in [0.05, 0.1) is 6.04 Å². The van der Waals surface area contributed by atoms with Gasteiger partial charge in [0.2, 0.25) is 0 Å². The third kappa shape index (κ3) is 2.22. The molecule has 0 aliphatic carbocycles. The largest absolute Gasteiger partial charge is 0.334 e. The summed E-state index contributed by atoms with van der Waals surface area (Å²) in [7, 11) is 0. The van der Waals surface area contributed by atoms with E-state index < -0.39 is 0 Å². The number of hydrogen-bond donors (Lipinski definition) is 1. The maximum Gasteiger partial charge on any atom is 0.130 e. The normalized spacial score (nSPS) is 12.7. The first-order chi connectivity index (χ1) is 8.13. The van der Waals surface area contributed by atoms with Gasteiger partial charge >= 0.3 is 0 Å². The van der Waals surface area contributed by atoms with E-state index in [1.54, 1.807) is 19.2 Å². The van der Waals surface area contributed by atoms with E-state index in [-0.39, 0.29) is 11.9 Å². The third-order valence-corrected chi connectivity index (χ3v) is 2.92. The summed E-state index contributed by atoms with van der Waals surface area (Å²) in [6.07, 6.45) is 3.59. The van der Waals surface area contributed by atoms with E-state index in [9.17, 15) is 4.39 Å². The summed E-state index contributed by atoms with van der Waals surface area (Å²) in [5, 5.41) is 0. The predicted molar refractivity (Wildman–Crippen MR) is 65.1 cm³/mol. The van der Waals surface area contributed by atoms with Gasteiger partial charge in [-0.15, -0.1) is 0 Å². The first-order valence-corrected chi connectivity index (χ1v) is 5.66. The minimum absolute atomic E-state index is 0.229. The molecule has 0 aliphatic rings. The average Bonchev–Trinajstić information content (AvgIpc) is 2.80. The van der Waals surface area contributed by atoms with Crippen molar-refractivity contribution in [3.63, 3.8) is 0 Å². The predicted octanol–water partition coefficient (Wildman–Crippen LogP) is 2.40. The fourth-order valence-corrected chi connectivity index (χ4v) is 1.82. The summed E-state index contributed by atoms with van der Waals surface area (Å²) >= 11 is 0. The monoisotopic (exact) mass is 233 g/mol. The standard InChI is InChI=1S/C13H16FN3/c1-3-17-7-6-16-13(17)12(15)10-5-4-9(2)11(14)8-10/h4-8,12H,3,15H2,1-2H3. The van der Waals surface area contributed by atoms with Gasteiger partial charge in [0, 0.05) is 18.9 Å². The van der Waals surface area contributed by atoms with Crippen molar-refractivity contribution in [2.75, 3.05) is 0 Å². The summed E-state index contributed by atoms with van der Waals surface area (Å²) in [4.78, 5) is 4.23. The number of benzene rings is 1. The second-order valence-corrected chi connectivity index (χ2v) is 4.06. The Bertz CT molecular complexity index is 519. The molecule has 1 aromatic heterocycles. The molecule has 0 bridgehead atoms. The SMILES string of the molecule is CCn1ccnc1C(N)c1ccc(C)c(F)c1. The van der Waals surface area contributed by atoms with Crippen LogP contribution in [0.5, 0.6) is 0 Å². The topological polar surface area (TPSA) is 43.8 Å². The molecule has 1 unspecified atom stereocenters. The van der Waals surface area contributed by atoms with Crippen molar-refractivity contribution in [2.45, 2.75) is 26.4 Å². The molecule has 90 valence electrons. The van der Waals surface area contributed by atoms with Crippen LogP contribution in [0.25, 0.3) is 0 Å². The van der Waals surface area contributed by atoms with Gasteiger partial charge in [-0.2, -0.15) is 0 Å². The molecule has 1 aromatic carbocycles. The fourth-order valence-electron chi connectivity index (χ4n) is 1.82. The van der Waals surface area contributed by atoms with Crippen molar-refractivity contribution in [2.24, 2.45) is 5.73 Å². The number of nitrogens with zero attached hydrogens (tertiary/aromatic N) is 2. The average molecular weight is 233 g/mol. The maximum absolute atomic E-state index is 13.5. The molecule has 1 atom stereocenters. The Hall–Kier alpha value is -1.68. The number of rotatable bonds is 3. The van der Waals surface area contributed by atoms with E-state index in [1.165, 1.54) is 6.07 Å². The van der Waals surface area contributed by atoms with Crippen molar-refractivity contribution < 1.29 is 4.39 Å². The third-order valence-electron chi connectivity index (χ3n) is 2.92. The van der Waals surface area contributed by atoms with Crippen LogP contribution in [0.1, 0.15) is 29.9 Å². The van der Waals surface area contributed by atoms with Crippen LogP contribution in [-0.2, 0) is 6.54 Å². The molecular weight excluding hydrogens is 217 g/mol. The van der Waals surface area contributed by atoms with Crippen molar-refractivity contribution in [3.05, 3.63) is 53.4 Å². The van der Waals surface area contributed by atoms with Crippen LogP contribution < -0.4 is 5.73 Å². The Kier molecular flexibility index (Phi) is 3.24. The molecule has 0 spiro atoms. The van der Waals surface area contributed by atoms with Crippen LogP contribution in [0.2, 0.25) is 0 Å². The number of halogens is 1. The van der Waals surface area contributed by atoms with Crippen LogP contribution in [0.3, 0.4) is 0 Å². The zero-order chi connectivity index (χ0) is 12.4. The lowest BCUT2D eigenvalue weighted by Gasteiger charge is -2.14. The van der Waals surface area contributed by atoms with E-state index >= 15 is 0 Å². The molecule has 0 saturated carbocycles. The van der Waals surface area contributed by atoms with Crippen molar-refractivity contribution in [1.29, 1.82) is 0 Å². The second-order valence-electron chi connectivity index (χ2n) is 4.06. The first-order valence-electron chi connectivity index (χ1n) is 5.66. The zero-order valence-corrected chi connectivity index (χ0v) is 10.0. The molecule has 0 radical (unpaired) electrons. The van der Waals surface area contributed by atoms with E-state index in [0.29, 0.717) is 5.56 Å². The highest BCUT2D eigenvalue weighted by atomic mass is 19.1. The van der Waals surface area contributed by atoms with Gasteiger partial charge in [-0.05, 0) is 31.0 Å². The molecule has 1 heterocycles. The molecule has 0 saturated heterocycles. The van der Waals surface area contributed by atoms with Crippen molar-refractivity contribution in [3.8, 4) is 0 Å². The summed E-state index contributed by atoms with van der Waals surface area (Å²) in [6, 6.07) is 4.68. The van der Waals surface area contributed by atoms with E-state index in [4.69, 9.17) is 5.73 Å². The quantitative estimate of drug-likeness (QED) is 0.884. The van der Waals surface area contributed by atoms with Crippen LogP contribution in [-0.4, -0.2) is 9.55 Å². The number of aryl methyl sites for hydroxylation is 2. The van der Waals surface area contributed by atoms with Crippen molar-refractivity contribution >= 4 is 0 Å². The minimum atomic E-state index is -0.389. The van der Waals surface area contributed by atoms with Gasteiger partial charge in [-0.1, -0.05) is 12.1 Å². The Balaban J connectivity index is 2.36. The Labute approximate surface area is 100 Å². The van der Waals surface area contributed by atoms with Gasteiger partial charge in [-0.25, -0.2) is 9.37 Å². The van der Waals surface area contributed by atoms with Crippen LogP contribution in [0.15, 0.2) is 30.6 Å². The lowest BCUT2D eigenvalue weighted by Crippen LogP contribution is -2.17. The highest BCUT2D eigenvalue weighted by Gasteiger charge is 2.15. The molecule has 4 heteroatoms. The van der Waals surface area contributed by atoms with Gasteiger partial charge < -0.3 is 10.3 Å². The van der Waals surface area contributed by atoms with Crippen LogP contribution >= 0.6 is 0 Å². The highest BCUT2D eigenvalue weighted by Crippen LogP contribution is 2.20. The molecule has 0 aliphatic heterocycles. The second kappa shape index (κ2) is 4.67. The number of imidazole rings is 1. The lowest BCUT2D eigenvalue weighted by molar-refractivity contribution is 0.608.